The van der Waals surface area contributed by atoms with Crippen molar-refractivity contribution in [2.45, 2.75) is 26.1 Å². The van der Waals surface area contributed by atoms with E-state index in [1.807, 2.05) is 23.9 Å². The van der Waals surface area contributed by atoms with Gasteiger partial charge in [0.1, 0.15) is 0 Å². The third kappa shape index (κ3) is 5.55. The van der Waals surface area contributed by atoms with Crippen molar-refractivity contribution in [3.63, 3.8) is 0 Å². The zero-order valence-electron chi connectivity index (χ0n) is 12.5. The van der Waals surface area contributed by atoms with Gasteiger partial charge >= 0.3 is 6.18 Å². The molecule has 0 aliphatic carbocycles. The van der Waals surface area contributed by atoms with Crippen molar-refractivity contribution in [3.8, 4) is 0 Å². The van der Waals surface area contributed by atoms with Crippen LogP contribution >= 0.6 is 12.2 Å². The molecule has 0 bridgehead atoms. The van der Waals surface area contributed by atoms with E-state index >= 15 is 0 Å². The van der Waals surface area contributed by atoms with Gasteiger partial charge in [0.2, 0.25) is 0 Å². The molecule has 2 N–H and O–H groups in total. The second kappa shape index (κ2) is 7.45. The molecule has 0 amide bonds. The summed E-state index contributed by atoms with van der Waals surface area (Å²) in [5.74, 6) is 0. The maximum Gasteiger partial charge on any atom is 0.416 e. The van der Waals surface area contributed by atoms with Crippen molar-refractivity contribution in [1.82, 2.24) is 15.1 Å². The summed E-state index contributed by atoms with van der Waals surface area (Å²) < 4.78 is 39.7. The number of alkyl halides is 3. The van der Waals surface area contributed by atoms with Crippen LogP contribution in [-0.2, 0) is 12.7 Å². The van der Waals surface area contributed by atoms with Gasteiger partial charge in [-0.15, -0.1) is 0 Å². The summed E-state index contributed by atoms with van der Waals surface area (Å²) in [5.41, 5.74) is 0.555. The highest BCUT2D eigenvalue weighted by Crippen LogP contribution is 2.30. The number of thiocarbonyl (C=S) groups is 1. The van der Waals surface area contributed by atoms with E-state index < -0.39 is 11.7 Å². The minimum absolute atomic E-state index is 0.293. The molecule has 1 aromatic heterocycles. The molecular formula is C15H17F3N4S. The molecule has 2 rings (SSSR count). The topological polar surface area (TPSA) is 41.9 Å². The monoisotopic (exact) mass is 342 g/mol. The highest BCUT2D eigenvalue weighted by atomic mass is 32.1. The quantitative estimate of drug-likeness (QED) is 0.644. The van der Waals surface area contributed by atoms with E-state index in [0.29, 0.717) is 17.3 Å². The molecule has 124 valence electrons. The van der Waals surface area contributed by atoms with Crippen LogP contribution in [0.3, 0.4) is 0 Å². The molecule has 4 nitrogen and oxygen atoms in total. The molecule has 0 fully saturated rings. The van der Waals surface area contributed by atoms with Gasteiger partial charge in [0.25, 0.3) is 0 Å². The van der Waals surface area contributed by atoms with Crippen molar-refractivity contribution in [2.75, 3.05) is 11.9 Å². The Kier molecular flexibility index (Phi) is 5.59. The molecule has 23 heavy (non-hydrogen) atoms. The first kappa shape index (κ1) is 17.3. The molecule has 0 atom stereocenters. The number of aromatic nitrogens is 2. The molecule has 0 saturated carbocycles. The van der Waals surface area contributed by atoms with Crippen LogP contribution in [0.4, 0.5) is 18.9 Å². The Morgan fingerprint density at radius 3 is 2.74 bits per heavy atom. The number of benzene rings is 1. The largest absolute Gasteiger partial charge is 0.416 e. The molecule has 0 aliphatic rings. The summed E-state index contributed by atoms with van der Waals surface area (Å²) in [7, 11) is 0. The van der Waals surface area contributed by atoms with E-state index in [9.17, 15) is 13.2 Å². The number of rotatable bonds is 5. The summed E-state index contributed by atoms with van der Waals surface area (Å²) in [6.45, 7) is 3.26. The predicted octanol–water partition coefficient (Wildman–Crippen LogP) is 3.59. The Balaban J connectivity index is 1.76. The number of halogens is 3. The molecule has 0 spiro atoms. The van der Waals surface area contributed by atoms with Crippen molar-refractivity contribution in [1.29, 1.82) is 0 Å². The van der Waals surface area contributed by atoms with Gasteiger partial charge in [0.15, 0.2) is 5.11 Å². The zero-order valence-corrected chi connectivity index (χ0v) is 13.3. The summed E-state index contributed by atoms with van der Waals surface area (Å²) in [4.78, 5) is 0. The second-order valence-electron chi connectivity index (χ2n) is 5.03. The first-order valence-corrected chi connectivity index (χ1v) is 7.47. The fourth-order valence-corrected chi connectivity index (χ4v) is 2.20. The Bertz CT molecular complexity index is 667. The predicted molar refractivity (Wildman–Crippen MR) is 87.2 cm³/mol. The maximum absolute atomic E-state index is 12.6. The summed E-state index contributed by atoms with van der Waals surface area (Å²) in [6.07, 6.45) is -1.67. The third-order valence-corrected chi connectivity index (χ3v) is 3.32. The zero-order chi connectivity index (χ0) is 16.9. The van der Waals surface area contributed by atoms with E-state index in [1.165, 1.54) is 12.1 Å². The Morgan fingerprint density at radius 2 is 2.09 bits per heavy atom. The molecule has 0 aliphatic heterocycles. The van der Waals surface area contributed by atoms with Crippen LogP contribution in [0.25, 0.3) is 0 Å². The number of nitrogens with one attached hydrogen (secondary N) is 2. The average molecular weight is 342 g/mol. The SMILES string of the molecule is Cc1ccn(CCCNC(=S)Nc2cccc(C(F)(F)F)c2)n1. The van der Waals surface area contributed by atoms with E-state index in [0.717, 1.165) is 30.8 Å². The highest BCUT2D eigenvalue weighted by molar-refractivity contribution is 7.80. The van der Waals surface area contributed by atoms with Crippen LogP contribution in [0, 0.1) is 6.92 Å². The minimum atomic E-state index is -4.37. The van der Waals surface area contributed by atoms with Gasteiger partial charge in [-0.25, -0.2) is 0 Å². The van der Waals surface area contributed by atoms with Crippen LogP contribution in [0.5, 0.6) is 0 Å². The highest BCUT2D eigenvalue weighted by Gasteiger charge is 2.30. The lowest BCUT2D eigenvalue weighted by molar-refractivity contribution is -0.137. The van der Waals surface area contributed by atoms with E-state index in [1.54, 1.807) is 0 Å². The minimum Gasteiger partial charge on any atom is -0.362 e. The first-order chi connectivity index (χ1) is 10.8. The molecule has 0 radical (unpaired) electrons. The molecule has 1 aromatic carbocycles. The fourth-order valence-electron chi connectivity index (χ4n) is 1.98. The lowest BCUT2D eigenvalue weighted by Crippen LogP contribution is -2.29. The van der Waals surface area contributed by atoms with Gasteiger partial charge < -0.3 is 10.6 Å². The first-order valence-electron chi connectivity index (χ1n) is 7.07. The lowest BCUT2D eigenvalue weighted by atomic mass is 10.2. The van der Waals surface area contributed by atoms with Gasteiger partial charge in [0.05, 0.1) is 11.3 Å². The summed E-state index contributed by atoms with van der Waals surface area (Å²) >= 11 is 5.08. The van der Waals surface area contributed by atoms with Crippen molar-refractivity contribution >= 4 is 23.0 Å². The number of aryl methyl sites for hydroxylation is 2. The van der Waals surface area contributed by atoms with Crippen LogP contribution in [0.1, 0.15) is 17.7 Å². The van der Waals surface area contributed by atoms with Gasteiger partial charge in [-0.1, -0.05) is 6.07 Å². The van der Waals surface area contributed by atoms with E-state index in [-0.39, 0.29) is 0 Å². The molecule has 0 saturated heterocycles. The molecular weight excluding hydrogens is 325 g/mol. The van der Waals surface area contributed by atoms with Crippen LogP contribution in [-0.4, -0.2) is 21.4 Å². The number of nitrogens with zero attached hydrogens (tertiary/aromatic N) is 2. The molecule has 8 heteroatoms. The van der Waals surface area contributed by atoms with Crippen LogP contribution < -0.4 is 10.6 Å². The van der Waals surface area contributed by atoms with Crippen molar-refractivity contribution < 1.29 is 13.2 Å². The smallest absolute Gasteiger partial charge is 0.362 e. The van der Waals surface area contributed by atoms with Gasteiger partial charge in [-0.2, -0.15) is 18.3 Å². The Hall–Kier alpha value is -2.09. The van der Waals surface area contributed by atoms with E-state index in [2.05, 4.69) is 15.7 Å². The number of hydrogen-bond acceptors (Lipinski definition) is 2. The van der Waals surface area contributed by atoms with Crippen molar-refractivity contribution in [3.05, 3.63) is 47.8 Å². The Morgan fingerprint density at radius 1 is 1.30 bits per heavy atom. The third-order valence-electron chi connectivity index (χ3n) is 3.07. The van der Waals surface area contributed by atoms with Crippen molar-refractivity contribution in [2.24, 2.45) is 0 Å². The van der Waals surface area contributed by atoms with Gasteiger partial charge in [0, 0.05) is 25.0 Å². The second-order valence-corrected chi connectivity index (χ2v) is 5.44. The number of hydrogen-bond donors (Lipinski definition) is 2. The molecule has 1 heterocycles. The van der Waals surface area contributed by atoms with Gasteiger partial charge in [-0.3, -0.25) is 4.68 Å². The standard InChI is InChI=1S/C15H17F3N4S/c1-11-6-9-22(21-11)8-3-7-19-14(23)20-13-5-2-4-12(10-13)15(16,17)18/h2,4-6,9-10H,3,7-8H2,1H3,(H2,19,20,23). The van der Waals surface area contributed by atoms with Crippen LogP contribution in [0.2, 0.25) is 0 Å². The van der Waals surface area contributed by atoms with Gasteiger partial charge in [-0.05, 0) is 49.8 Å². The molecule has 2 aromatic rings. The van der Waals surface area contributed by atoms with Crippen LogP contribution in [0.15, 0.2) is 36.5 Å². The lowest BCUT2D eigenvalue weighted by Gasteiger charge is -2.12. The fraction of sp³-hybridized carbons (Fsp3) is 0.333. The average Bonchev–Trinajstić information content (AvgIpc) is 2.89. The summed E-state index contributed by atoms with van der Waals surface area (Å²) in [5, 5.41) is 10.3. The van der Waals surface area contributed by atoms with E-state index in [4.69, 9.17) is 12.2 Å². The normalized spacial score (nSPS) is 11.3. The number of anilines is 1. The Labute approximate surface area is 137 Å². The molecule has 0 unspecified atom stereocenters. The summed E-state index contributed by atoms with van der Waals surface area (Å²) in [6, 6.07) is 6.85. The maximum atomic E-state index is 12.6.